The average Bonchev–Trinajstić information content (AvgIpc) is 2.27. The highest BCUT2D eigenvalue weighted by Crippen LogP contribution is 2.19. The summed E-state index contributed by atoms with van der Waals surface area (Å²) in [6.45, 7) is 0. The normalized spacial score (nSPS) is 10.4. The molecule has 0 atom stereocenters. The summed E-state index contributed by atoms with van der Waals surface area (Å²) in [7, 11) is 0. The monoisotopic (exact) mass is 248 g/mol. The van der Waals surface area contributed by atoms with Crippen molar-refractivity contribution in [1.29, 1.82) is 0 Å². The number of carbonyl (C=O) groups excluding carboxylic acids is 2. The molecule has 0 saturated carbocycles. The van der Waals surface area contributed by atoms with Crippen molar-refractivity contribution in [3.05, 3.63) is 47.5 Å². The second-order valence-corrected chi connectivity index (χ2v) is 4.20. The second-order valence-electron chi connectivity index (χ2n) is 3.39. The fourth-order valence-electron chi connectivity index (χ4n) is 1.51. The molecule has 2 rings (SSSR count). The Kier molecular flexibility index (Phi) is 3.03. The minimum atomic E-state index is -0.267. The third kappa shape index (κ3) is 2.13. The van der Waals surface area contributed by atoms with Crippen LogP contribution < -0.4 is 0 Å². The highest BCUT2D eigenvalue weighted by Gasteiger charge is 2.04. The first-order valence-corrected chi connectivity index (χ1v) is 5.48. The molecule has 0 N–H and O–H groups in total. The van der Waals surface area contributed by atoms with Gasteiger partial charge in [0.05, 0.1) is 0 Å². The van der Waals surface area contributed by atoms with E-state index in [1.807, 2.05) is 0 Å². The van der Waals surface area contributed by atoms with Gasteiger partial charge in [-0.1, -0.05) is 12.1 Å². The zero-order valence-electron chi connectivity index (χ0n) is 8.18. The number of benzene rings is 2. The molecular formula is C12H8O2S2. The Bertz CT molecular complexity index is 537. The van der Waals surface area contributed by atoms with E-state index in [1.54, 1.807) is 36.4 Å². The Labute approximate surface area is 103 Å². The number of fused-ring (bicyclic) bond motifs is 1. The Morgan fingerprint density at radius 1 is 0.750 bits per heavy atom. The molecule has 2 aromatic carbocycles. The minimum absolute atomic E-state index is 0.267. The number of hydrogen-bond donors (Lipinski definition) is 2. The molecule has 2 aromatic rings. The van der Waals surface area contributed by atoms with Crippen LogP contribution in [0.2, 0.25) is 0 Å². The van der Waals surface area contributed by atoms with Gasteiger partial charge in [0, 0.05) is 11.1 Å². The summed E-state index contributed by atoms with van der Waals surface area (Å²) >= 11 is 7.52. The van der Waals surface area contributed by atoms with E-state index in [4.69, 9.17) is 0 Å². The van der Waals surface area contributed by atoms with Crippen LogP contribution >= 0.6 is 25.3 Å². The molecule has 0 amide bonds. The Morgan fingerprint density at radius 2 is 1.12 bits per heavy atom. The lowest BCUT2D eigenvalue weighted by molar-refractivity contribution is 0.108. The summed E-state index contributed by atoms with van der Waals surface area (Å²) in [5.41, 5.74) is 1.08. The fourth-order valence-corrected chi connectivity index (χ4v) is 1.79. The van der Waals surface area contributed by atoms with Crippen molar-refractivity contribution >= 4 is 46.3 Å². The molecule has 4 heteroatoms. The average molecular weight is 248 g/mol. The molecule has 0 heterocycles. The summed E-state index contributed by atoms with van der Waals surface area (Å²) in [5, 5.41) is 1.27. The molecule has 0 bridgehead atoms. The van der Waals surface area contributed by atoms with Crippen LogP contribution in [-0.2, 0) is 0 Å². The van der Waals surface area contributed by atoms with Gasteiger partial charge in [-0.3, -0.25) is 9.59 Å². The smallest absolute Gasteiger partial charge is 0.216 e. The van der Waals surface area contributed by atoms with Gasteiger partial charge >= 0.3 is 0 Å². The van der Waals surface area contributed by atoms with Gasteiger partial charge in [-0.05, 0) is 35.0 Å². The quantitative estimate of drug-likeness (QED) is 0.801. The number of thiol groups is 2. The fraction of sp³-hybridized carbons (Fsp3) is 0. The molecule has 0 unspecified atom stereocenters. The van der Waals surface area contributed by atoms with E-state index < -0.39 is 0 Å². The zero-order chi connectivity index (χ0) is 11.7. The summed E-state index contributed by atoms with van der Waals surface area (Å²) in [6.07, 6.45) is 0. The van der Waals surface area contributed by atoms with Gasteiger partial charge in [-0.15, -0.1) is 25.3 Å². The van der Waals surface area contributed by atoms with Crippen molar-refractivity contribution in [3.8, 4) is 0 Å². The van der Waals surface area contributed by atoms with Crippen LogP contribution in [-0.4, -0.2) is 10.2 Å². The van der Waals surface area contributed by atoms with Crippen molar-refractivity contribution in [2.45, 2.75) is 0 Å². The van der Waals surface area contributed by atoms with Gasteiger partial charge in [0.1, 0.15) is 0 Å². The molecule has 0 aromatic heterocycles. The lowest BCUT2D eigenvalue weighted by atomic mass is 10.1. The first-order valence-electron chi connectivity index (χ1n) is 4.58. The molecular weight excluding hydrogens is 240 g/mol. The third-order valence-electron chi connectivity index (χ3n) is 2.33. The summed E-state index contributed by atoms with van der Waals surface area (Å²) < 4.78 is 0. The maximum absolute atomic E-state index is 11.1. The van der Waals surface area contributed by atoms with Crippen molar-refractivity contribution in [2.24, 2.45) is 0 Å². The third-order valence-corrected chi connectivity index (χ3v) is 2.85. The Morgan fingerprint density at radius 3 is 1.44 bits per heavy atom. The highest BCUT2D eigenvalue weighted by atomic mass is 32.1. The van der Waals surface area contributed by atoms with Gasteiger partial charge in [0.2, 0.25) is 10.2 Å². The first-order chi connectivity index (χ1) is 7.58. The SMILES string of the molecule is O=C(S)c1ccc2cc(C(=O)S)ccc2c1. The highest BCUT2D eigenvalue weighted by molar-refractivity contribution is 7.97. The first kappa shape index (κ1) is 11.2. The maximum Gasteiger partial charge on any atom is 0.216 e. The van der Waals surface area contributed by atoms with Crippen LogP contribution in [0.25, 0.3) is 10.8 Å². The van der Waals surface area contributed by atoms with E-state index in [0.29, 0.717) is 11.1 Å². The van der Waals surface area contributed by atoms with Crippen LogP contribution in [0.1, 0.15) is 20.7 Å². The number of carbonyl (C=O) groups is 2. The van der Waals surface area contributed by atoms with Crippen LogP contribution in [0.4, 0.5) is 0 Å². The Balaban J connectivity index is 2.61. The summed E-state index contributed by atoms with van der Waals surface area (Å²) in [6, 6.07) is 10.4. The predicted molar refractivity (Wildman–Crippen MR) is 70.6 cm³/mol. The van der Waals surface area contributed by atoms with Crippen LogP contribution in [0, 0.1) is 0 Å². The molecule has 16 heavy (non-hydrogen) atoms. The lowest BCUT2D eigenvalue weighted by Crippen LogP contribution is -1.91. The minimum Gasteiger partial charge on any atom is -0.282 e. The van der Waals surface area contributed by atoms with E-state index in [-0.39, 0.29) is 10.2 Å². The van der Waals surface area contributed by atoms with Gasteiger partial charge in [-0.2, -0.15) is 0 Å². The van der Waals surface area contributed by atoms with Crippen molar-refractivity contribution in [1.82, 2.24) is 0 Å². The van der Waals surface area contributed by atoms with Crippen molar-refractivity contribution < 1.29 is 9.59 Å². The van der Waals surface area contributed by atoms with Crippen LogP contribution in [0.15, 0.2) is 36.4 Å². The molecule has 0 radical (unpaired) electrons. The molecule has 0 spiro atoms. The molecule has 0 fully saturated rings. The molecule has 0 aliphatic heterocycles. The van der Waals surface area contributed by atoms with Gasteiger partial charge < -0.3 is 0 Å². The topological polar surface area (TPSA) is 34.1 Å². The van der Waals surface area contributed by atoms with E-state index in [1.165, 1.54) is 0 Å². The van der Waals surface area contributed by atoms with Gasteiger partial charge in [0.25, 0.3) is 0 Å². The van der Waals surface area contributed by atoms with Crippen molar-refractivity contribution in [3.63, 3.8) is 0 Å². The Hall–Kier alpha value is -1.26. The van der Waals surface area contributed by atoms with Crippen LogP contribution in [0.3, 0.4) is 0 Å². The van der Waals surface area contributed by atoms with E-state index >= 15 is 0 Å². The van der Waals surface area contributed by atoms with E-state index in [0.717, 1.165) is 10.8 Å². The maximum atomic E-state index is 11.1. The van der Waals surface area contributed by atoms with E-state index in [9.17, 15) is 9.59 Å². The molecule has 0 saturated heterocycles. The number of rotatable bonds is 2. The van der Waals surface area contributed by atoms with Crippen LogP contribution in [0.5, 0.6) is 0 Å². The van der Waals surface area contributed by atoms with Crippen molar-refractivity contribution in [2.75, 3.05) is 0 Å². The number of hydrogen-bond acceptors (Lipinski definition) is 2. The second kappa shape index (κ2) is 4.31. The van der Waals surface area contributed by atoms with Gasteiger partial charge in [-0.25, -0.2) is 0 Å². The van der Waals surface area contributed by atoms with Gasteiger partial charge in [0.15, 0.2) is 0 Å². The molecule has 0 aliphatic rings. The largest absolute Gasteiger partial charge is 0.282 e. The summed E-state index contributed by atoms with van der Waals surface area (Å²) in [4.78, 5) is 22.1. The zero-order valence-corrected chi connectivity index (χ0v) is 9.96. The molecule has 80 valence electrons. The molecule has 2 nitrogen and oxygen atoms in total. The molecule has 0 aliphatic carbocycles. The lowest BCUT2D eigenvalue weighted by Gasteiger charge is -2.02. The summed E-state index contributed by atoms with van der Waals surface area (Å²) in [5.74, 6) is 0. The predicted octanol–water partition coefficient (Wildman–Crippen LogP) is 2.98. The standard InChI is InChI=1S/C12H8O2S2/c13-11(15)9-3-1-7-5-10(12(14)16)4-2-8(7)6-9/h1-6H,(H,13,15)(H,14,16). The van der Waals surface area contributed by atoms with E-state index in [2.05, 4.69) is 25.3 Å².